The molecule has 6 heteroatoms. The van der Waals surface area contributed by atoms with E-state index < -0.39 is 0 Å². The van der Waals surface area contributed by atoms with Crippen molar-refractivity contribution in [1.82, 2.24) is 10.6 Å². The molecule has 4 aliphatic rings. The van der Waals surface area contributed by atoms with Crippen LogP contribution in [0.1, 0.15) is 58.3 Å². The second-order valence-electron chi connectivity index (χ2n) is 8.11. The Balaban J connectivity index is 0.00000182. The number of nitrogens with zero attached hydrogens (tertiary/aromatic N) is 1. The van der Waals surface area contributed by atoms with Crippen LogP contribution in [-0.4, -0.2) is 48.8 Å². The number of thioether (sulfide) groups is 1. The van der Waals surface area contributed by atoms with E-state index in [-0.39, 0.29) is 24.0 Å². The Morgan fingerprint density at radius 3 is 2.72 bits per heavy atom. The van der Waals surface area contributed by atoms with Crippen molar-refractivity contribution in [1.29, 1.82) is 0 Å². The fourth-order valence-corrected chi connectivity index (χ4v) is 6.80. The topological polar surface area (TPSA) is 45.7 Å². The minimum Gasteiger partial charge on any atom is -0.377 e. The number of fused-ring (bicyclic) bond motifs is 2. The molecule has 1 heterocycles. The summed E-state index contributed by atoms with van der Waals surface area (Å²) in [5, 5.41) is 8.38. The molecule has 3 saturated carbocycles. The molecular formula is C19H34IN3OS. The number of hydrogen-bond donors (Lipinski definition) is 2. The Morgan fingerprint density at radius 2 is 2.04 bits per heavy atom. The van der Waals surface area contributed by atoms with Crippen LogP contribution in [0.3, 0.4) is 0 Å². The molecule has 0 aromatic carbocycles. The van der Waals surface area contributed by atoms with Crippen molar-refractivity contribution >= 4 is 41.7 Å². The van der Waals surface area contributed by atoms with Gasteiger partial charge >= 0.3 is 0 Å². The summed E-state index contributed by atoms with van der Waals surface area (Å²) in [6, 6.07) is 1.16. The number of hydrogen-bond acceptors (Lipinski definition) is 3. The summed E-state index contributed by atoms with van der Waals surface area (Å²) in [5.41, 5.74) is 0.423. The minimum absolute atomic E-state index is 0. The Bertz CT molecular complexity index is 483. The average Bonchev–Trinajstić information content (AvgIpc) is 2.95. The van der Waals surface area contributed by atoms with Crippen molar-refractivity contribution in [2.75, 3.05) is 19.4 Å². The molecule has 25 heavy (non-hydrogen) atoms. The highest BCUT2D eigenvalue weighted by Crippen LogP contribution is 2.62. The van der Waals surface area contributed by atoms with Crippen LogP contribution in [0.5, 0.6) is 0 Å². The van der Waals surface area contributed by atoms with Crippen LogP contribution in [0.4, 0.5) is 0 Å². The summed E-state index contributed by atoms with van der Waals surface area (Å²) in [7, 11) is 1.92. The van der Waals surface area contributed by atoms with Gasteiger partial charge in [0.25, 0.3) is 0 Å². The quantitative estimate of drug-likeness (QED) is 0.366. The van der Waals surface area contributed by atoms with Gasteiger partial charge in [0.1, 0.15) is 0 Å². The number of aliphatic imine (C=N–C) groups is 1. The molecule has 4 nitrogen and oxygen atoms in total. The first-order valence-corrected chi connectivity index (χ1v) is 11.0. The summed E-state index contributed by atoms with van der Waals surface area (Å²) in [4.78, 5) is 4.56. The number of rotatable bonds is 4. The lowest BCUT2D eigenvalue weighted by atomic mass is 9.46. The summed E-state index contributed by atoms with van der Waals surface area (Å²) in [5.74, 6) is 2.97. The first-order valence-electron chi connectivity index (χ1n) is 10.00. The van der Waals surface area contributed by atoms with Crippen molar-refractivity contribution in [2.45, 2.75) is 81.7 Å². The highest BCUT2D eigenvalue weighted by atomic mass is 127. The molecule has 2 N–H and O–H groups in total. The molecule has 0 amide bonds. The molecule has 4 fully saturated rings. The minimum atomic E-state index is 0. The Labute approximate surface area is 174 Å². The highest BCUT2D eigenvalue weighted by molar-refractivity contribution is 14.0. The third-order valence-electron chi connectivity index (χ3n) is 6.92. The van der Waals surface area contributed by atoms with Crippen molar-refractivity contribution in [2.24, 2.45) is 16.3 Å². The lowest BCUT2D eigenvalue weighted by Gasteiger charge is -2.63. The molecule has 0 radical (unpaired) electrons. The van der Waals surface area contributed by atoms with Crippen molar-refractivity contribution in [3.63, 3.8) is 0 Å². The molecule has 0 aromatic heterocycles. The monoisotopic (exact) mass is 479 g/mol. The van der Waals surface area contributed by atoms with Crippen molar-refractivity contribution < 1.29 is 4.74 Å². The molecule has 1 aliphatic heterocycles. The number of ether oxygens (including phenoxy) is 1. The van der Waals surface area contributed by atoms with Crippen LogP contribution in [0.15, 0.2) is 4.99 Å². The lowest BCUT2D eigenvalue weighted by molar-refractivity contribution is -0.171. The van der Waals surface area contributed by atoms with Crippen LogP contribution in [-0.2, 0) is 4.74 Å². The molecule has 1 spiro atoms. The van der Waals surface area contributed by atoms with Gasteiger partial charge in [-0.15, -0.1) is 24.0 Å². The molecule has 3 aliphatic carbocycles. The van der Waals surface area contributed by atoms with E-state index in [4.69, 9.17) is 4.74 Å². The first kappa shape index (κ1) is 20.1. The summed E-state index contributed by atoms with van der Waals surface area (Å²) in [6.45, 7) is 3.23. The summed E-state index contributed by atoms with van der Waals surface area (Å²) in [6.07, 6.45) is 11.1. The summed E-state index contributed by atoms with van der Waals surface area (Å²) < 4.78 is 6.04. The van der Waals surface area contributed by atoms with E-state index in [1.807, 2.05) is 7.05 Å². The zero-order valence-corrected chi connectivity index (χ0v) is 18.8. The van der Waals surface area contributed by atoms with Gasteiger partial charge in [0.05, 0.1) is 6.10 Å². The SMILES string of the molecule is CCSC1CCCC(NC(=NC)NC2C3CCOC3C23CCC3)C1.I. The van der Waals surface area contributed by atoms with Gasteiger partial charge < -0.3 is 15.4 Å². The maximum Gasteiger partial charge on any atom is 0.191 e. The van der Waals surface area contributed by atoms with Crippen molar-refractivity contribution in [3.05, 3.63) is 0 Å². The number of guanidine groups is 1. The van der Waals surface area contributed by atoms with Gasteiger partial charge in [0, 0.05) is 42.3 Å². The lowest BCUT2D eigenvalue weighted by Crippen LogP contribution is -2.72. The maximum atomic E-state index is 6.04. The predicted octanol–water partition coefficient (Wildman–Crippen LogP) is 3.79. The number of nitrogens with one attached hydrogen (secondary N) is 2. The smallest absolute Gasteiger partial charge is 0.191 e. The Hall–Kier alpha value is 0.310. The summed E-state index contributed by atoms with van der Waals surface area (Å²) >= 11 is 2.13. The highest BCUT2D eigenvalue weighted by Gasteiger charge is 2.66. The second kappa shape index (κ2) is 8.55. The third kappa shape index (κ3) is 3.68. The van der Waals surface area contributed by atoms with Crippen LogP contribution >= 0.6 is 35.7 Å². The largest absolute Gasteiger partial charge is 0.377 e. The van der Waals surface area contributed by atoms with Gasteiger partial charge in [0.15, 0.2) is 5.96 Å². The molecule has 5 atom stereocenters. The second-order valence-corrected chi connectivity index (χ2v) is 9.69. The van der Waals surface area contributed by atoms with Gasteiger partial charge in [-0.1, -0.05) is 19.8 Å². The predicted molar refractivity (Wildman–Crippen MR) is 117 cm³/mol. The average molecular weight is 479 g/mol. The molecular weight excluding hydrogens is 445 g/mol. The molecule has 144 valence electrons. The van der Waals surface area contributed by atoms with E-state index in [1.54, 1.807) is 0 Å². The van der Waals surface area contributed by atoms with Crippen LogP contribution < -0.4 is 10.6 Å². The zero-order chi connectivity index (χ0) is 16.6. The van der Waals surface area contributed by atoms with E-state index >= 15 is 0 Å². The molecule has 4 rings (SSSR count). The van der Waals surface area contributed by atoms with E-state index in [0.717, 1.165) is 17.8 Å². The standard InChI is InChI=1S/C19H33N3OS.HI/c1-3-24-14-7-4-6-13(12-14)21-18(20-2)22-16-15-8-11-23-17(15)19(16)9-5-10-19;/h13-17H,3-12H2,1-2H3,(H2,20,21,22);1H. The van der Waals surface area contributed by atoms with E-state index in [1.165, 1.54) is 57.1 Å². The van der Waals surface area contributed by atoms with E-state index in [9.17, 15) is 0 Å². The first-order chi connectivity index (χ1) is 11.8. The van der Waals surface area contributed by atoms with Gasteiger partial charge in [-0.25, -0.2) is 0 Å². The van der Waals surface area contributed by atoms with Gasteiger partial charge in [-0.2, -0.15) is 11.8 Å². The van der Waals surface area contributed by atoms with E-state index in [2.05, 4.69) is 34.3 Å². The normalized spacial score (nSPS) is 39.0. The maximum absolute atomic E-state index is 6.04. The van der Waals surface area contributed by atoms with Crippen LogP contribution in [0.2, 0.25) is 0 Å². The van der Waals surface area contributed by atoms with Gasteiger partial charge in [0.2, 0.25) is 0 Å². The van der Waals surface area contributed by atoms with Gasteiger partial charge in [-0.05, 0) is 44.3 Å². The molecule has 5 unspecified atom stereocenters. The van der Waals surface area contributed by atoms with E-state index in [0.29, 0.717) is 29.5 Å². The molecule has 0 bridgehead atoms. The molecule has 0 aromatic rings. The van der Waals surface area contributed by atoms with Gasteiger partial charge in [-0.3, -0.25) is 4.99 Å². The van der Waals surface area contributed by atoms with Crippen LogP contribution in [0.25, 0.3) is 0 Å². The Kier molecular flexibility index (Phi) is 6.86. The fraction of sp³-hybridized carbons (Fsp3) is 0.947. The zero-order valence-electron chi connectivity index (χ0n) is 15.6. The third-order valence-corrected chi connectivity index (χ3v) is 8.15. The number of halogens is 1. The molecule has 1 saturated heterocycles. The fourth-order valence-electron chi connectivity index (χ4n) is 5.63. The Morgan fingerprint density at radius 1 is 1.20 bits per heavy atom. The van der Waals surface area contributed by atoms with Crippen LogP contribution in [0, 0.1) is 11.3 Å². The van der Waals surface area contributed by atoms with Crippen molar-refractivity contribution in [3.8, 4) is 0 Å².